The summed E-state index contributed by atoms with van der Waals surface area (Å²) in [5.41, 5.74) is 3.13. The van der Waals surface area contributed by atoms with Crippen molar-refractivity contribution >= 4 is 21.6 Å². The normalized spacial score (nSPS) is 11.5. The quantitative estimate of drug-likeness (QED) is 0.614. The molecular formula is C21H27N3O2S. The van der Waals surface area contributed by atoms with E-state index in [-0.39, 0.29) is 5.56 Å². The average Bonchev–Trinajstić information content (AvgIpc) is 3.00. The smallest absolute Gasteiger partial charge is 0.262 e. The molecule has 0 bridgehead atoms. The molecule has 0 fully saturated rings. The van der Waals surface area contributed by atoms with Crippen LogP contribution in [0.4, 0.5) is 0 Å². The number of thiophene rings is 1. The number of aromatic nitrogens is 2. The summed E-state index contributed by atoms with van der Waals surface area (Å²) < 4.78 is 7.12. The lowest BCUT2D eigenvalue weighted by Gasteiger charge is -2.18. The molecule has 0 aliphatic heterocycles. The molecule has 0 N–H and O–H groups in total. The predicted octanol–water partition coefficient (Wildman–Crippen LogP) is 4.09. The highest BCUT2D eigenvalue weighted by atomic mass is 32.1. The molecule has 2 aromatic heterocycles. The summed E-state index contributed by atoms with van der Waals surface area (Å²) in [5, 5.41) is 0.726. The minimum absolute atomic E-state index is 0.0416. The predicted molar refractivity (Wildman–Crippen MR) is 113 cm³/mol. The van der Waals surface area contributed by atoms with Crippen molar-refractivity contribution in [1.29, 1.82) is 0 Å². The Bertz CT molecular complexity index is 1000. The lowest BCUT2D eigenvalue weighted by Crippen LogP contribution is -2.31. The number of methoxy groups -OCH3 is 1. The van der Waals surface area contributed by atoms with Crippen LogP contribution in [0, 0.1) is 13.8 Å². The van der Waals surface area contributed by atoms with E-state index in [9.17, 15) is 4.79 Å². The molecular weight excluding hydrogens is 358 g/mol. The Kier molecular flexibility index (Phi) is 5.97. The van der Waals surface area contributed by atoms with Crippen LogP contribution in [0.2, 0.25) is 0 Å². The lowest BCUT2D eigenvalue weighted by atomic mass is 10.0. The molecule has 1 aromatic carbocycles. The van der Waals surface area contributed by atoms with Gasteiger partial charge in [-0.15, -0.1) is 11.3 Å². The molecule has 6 heteroatoms. The number of benzene rings is 1. The first-order valence-corrected chi connectivity index (χ1v) is 10.2. The zero-order chi connectivity index (χ0) is 19.6. The molecule has 3 aromatic rings. The molecule has 3 rings (SSSR count). The van der Waals surface area contributed by atoms with Gasteiger partial charge in [-0.1, -0.05) is 19.9 Å². The monoisotopic (exact) mass is 385 g/mol. The Labute approximate surface area is 164 Å². The summed E-state index contributed by atoms with van der Waals surface area (Å²) in [7, 11) is 1.67. The van der Waals surface area contributed by atoms with Crippen molar-refractivity contribution in [1.82, 2.24) is 14.5 Å². The van der Waals surface area contributed by atoms with Gasteiger partial charge in [-0.05, 0) is 50.2 Å². The highest BCUT2D eigenvalue weighted by molar-refractivity contribution is 7.19. The summed E-state index contributed by atoms with van der Waals surface area (Å²) in [5.74, 6) is 0.852. The van der Waals surface area contributed by atoms with Crippen LogP contribution in [0.1, 0.15) is 24.3 Å². The minimum Gasteiger partial charge on any atom is -0.496 e. The average molecular weight is 386 g/mol. The van der Waals surface area contributed by atoms with Gasteiger partial charge in [0.1, 0.15) is 10.6 Å². The second kappa shape index (κ2) is 8.23. The van der Waals surface area contributed by atoms with E-state index in [4.69, 9.17) is 4.74 Å². The van der Waals surface area contributed by atoms with Crippen LogP contribution in [0.3, 0.4) is 0 Å². The van der Waals surface area contributed by atoms with Crippen molar-refractivity contribution < 1.29 is 4.74 Å². The summed E-state index contributed by atoms with van der Waals surface area (Å²) in [6.07, 6.45) is 1.69. The standard InChI is InChI=1S/C21H27N3O2S/c1-6-23(7-2)10-11-24-13-22-20-19(21(24)25)18(15(4)27-20)16-8-9-17(26-5)14(3)12-16/h8-9,12-13H,6-7,10-11H2,1-5H3. The van der Waals surface area contributed by atoms with E-state index in [1.54, 1.807) is 29.3 Å². The van der Waals surface area contributed by atoms with Gasteiger partial charge in [-0.25, -0.2) is 4.98 Å². The van der Waals surface area contributed by atoms with Crippen LogP contribution >= 0.6 is 11.3 Å². The Balaban J connectivity index is 2.08. The van der Waals surface area contributed by atoms with Crippen molar-refractivity contribution in [3.05, 3.63) is 45.3 Å². The highest BCUT2D eigenvalue weighted by Crippen LogP contribution is 2.37. The van der Waals surface area contributed by atoms with Crippen LogP contribution in [-0.2, 0) is 6.54 Å². The van der Waals surface area contributed by atoms with Gasteiger partial charge in [0.2, 0.25) is 0 Å². The van der Waals surface area contributed by atoms with Crippen molar-refractivity contribution in [2.24, 2.45) is 0 Å². The third-order valence-corrected chi connectivity index (χ3v) is 6.10. The highest BCUT2D eigenvalue weighted by Gasteiger charge is 2.17. The van der Waals surface area contributed by atoms with E-state index in [0.29, 0.717) is 6.54 Å². The number of likely N-dealkylation sites (N-methyl/N-ethyl adjacent to an activating group) is 1. The number of fused-ring (bicyclic) bond motifs is 1. The molecule has 0 saturated carbocycles. The zero-order valence-electron chi connectivity index (χ0n) is 16.7. The van der Waals surface area contributed by atoms with E-state index < -0.39 is 0 Å². The Morgan fingerprint density at radius 1 is 1.22 bits per heavy atom. The maximum absolute atomic E-state index is 13.2. The Morgan fingerprint density at radius 2 is 1.96 bits per heavy atom. The molecule has 27 heavy (non-hydrogen) atoms. The van der Waals surface area contributed by atoms with Gasteiger partial charge in [0.25, 0.3) is 5.56 Å². The SMILES string of the molecule is CCN(CC)CCn1cnc2sc(C)c(-c3ccc(OC)c(C)c3)c2c1=O. The van der Waals surface area contributed by atoms with E-state index in [1.807, 2.05) is 19.1 Å². The van der Waals surface area contributed by atoms with Gasteiger partial charge in [0.15, 0.2) is 0 Å². The molecule has 0 amide bonds. The first-order chi connectivity index (χ1) is 13.0. The fourth-order valence-electron chi connectivity index (χ4n) is 3.47. The van der Waals surface area contributed by atoms with Gasteiger partial charge < -0.3 is 9.64 Å². The summed E-state index contributed by atoms with van der Waals surface area (Å²) >= 11 is 1.58. The molecule has 0 aliphatic rings. The van der Waals surface area contributed by atoms with Gasteiger partial charge in [-0.3, -0.25) is 9.36 Å². The Morgan fingerprint density at radius 3 is 2.59 bits per heavy atom. The van der Waals surface area contributed by atoms with E-state index in [0.717, 1.165) is 57.2 Å². The van der Waals surface area contributed by atoms with E-state index in [2.05, 4.69) is 36.7 Å². The Hall–Kier alpha value is -2.18. The van der Waals surface area contributed by atoms with Crippen LogP contribution in [-0.4, -0.2) is 41.2 Å². The number of ether oxygens (including phenoxy) is 1. The number of hydrogen-bond donors (Lipinski definition) is 0. The van der Waals surface area contributed by atoms with Crippen LogP contribution < -0.4 is 10.3 Å². The summed E-state index contributed by atoms with van der Waals surface area (Å²) in [6, 6.07) is 6.07. The van der Waals surface area contributed by atoms with E-state index >= 15 is 0 Å². The third kappa shape index (κ3) is 3.77. The summed E-state index contributed by atoms with van der Waals surface area (Å²) in [4.78, 5) is 22.0. The molecule has 0 unspecified atom stereocenters. The zero-order valence-corrected chi connectivity index (χ0v) is 17.5. The maximum Gasteiger partial charge on any atom is 0.262 e. The number of rotatable bonds is 7. The van der Waals surface area contributed by atoms with Gasteiger partial charge in [0, 0.05) is 23.5 Å². The molecule has 2 heterocycles. The van der Waals surface area contributed by atoms with Crippen molar-refractivity contribution in [2.45, 2.75) is 34.2 Å². The number of hydrogen-bond acceptors (Lipinski definition) is 5. The fraction of sp³-hybridized carbons (Fsp3) is 0.429. The lowest BCUT2D eigenvalue weighted by molar-refractivity contribution is 0.289. The van der Waals surface area contributed by atoms with Crippen LogP contribution in [0.15, 0.2) is 29.3 Å². The molecule has 0 spiro atoms. The van der Waals surface area contributed by atoms with Crippen molar-refractivity contribution in [2.75, 3.05) is 26.7 Å². The van der Waals surface area contributed by atoms with Crippen molar-refractivity contribution in [3.63, 3.8) is 0 Å². The van der Waals surface area contributed by atoms with E-state index in [1.165, 1.54) is 0 Å². The summed E-state index contributed by atoms with van der Waals surface area (Å²) in [6.45, 7) is 11.8. The number of nitrogens with zero attached hydrogens (tertiary/aromatic N) is 3. The maximum atomic E-state index is 13.2. The molecule has 0 aliphatic carbocycles. The number of aryl methyl sites for hydroxylation is 2. The first-order valence-electron chi connectivity index (χ1n) is 9.36. The molecule has 5 nitrogen and oxygen atoms in total. The van der Waals surface area contributed by atoms with Gasteiger partial charge >= 0.3 is 0 Å². The topological polar surface area (TPSA) is 47.4 Å². The first kappa shape index (κ1) is 19.6. The molecule has 0 radical (unpaired) electrons. The largest absolute Gasteiger partial charge is 0.496 e. The minimum atomic E-state index is 0.0416. The molecule has 144 valence electrons. The van der Waals surface area contributed by atoms with Gasteiger partial charge in [-0.2, -0.15) is 0 Å². The molecule has 0 atom stereocenters. The van der Waals surface area contributed by atoms with Gasteiger partial charge in [0.05, 0.1) is 18.8 Å². The van der Waals surface area contributed by atoms with Crippen LogP contribution in [0.5, 0.6) is 5.75 Å². The second-order valence-corrected chi connectivity index (χ2v) is 7.87. The van der Waals surface area contributed by atoms with Crippen LogP contribution in [0.25, 0.3) is 21.3 Å². The van der Waals surface area contributed by atoms with Crippen molar-refractivity contribution in [3.8, 4) is 16.9 Å². The third-order valence-electron chi connectivity index (χ3n) is 5.09. The second-order valence-electron chi connectivity index (χ2n) is 6.67. The fourth-order valence-corrected chi connectivity index (χ4v) is 4.47. The molecule has 0 saturated heterocycles.